The van der Waals surface area contributed by atoms with E-state index in [4.69, 9.17) is 0 Å². The lowest BCUT2D eigenvalue weighted by Gasteiger charge is -2.25. The van der Waals surface area contributed by atoms with Crippen LogP contribution in [0.4, 0.5) is 10.5 Å². The molecule has 2 aromatic carbocycles. The minimum absolute atomic E-state index is 0.00384. The number of hydrogen-bond donors (Lipinski definition) is 2. The van der Waals surface area contributed by atoms with Gasteiger partial charge in [-0.25, -0.2) is 4.79 Å². The van der Waals surface area contributed by atoms with Gasteiger partial charge in [0.15, 0.2) is 0 Å². The summed E-state index contributed by atoms with van der Waals surface area (Å²) in [6, 6.07) is 16.6. The van der Waals surface area contributed by atoms with Gasteiger partial charge in [0.05, 0.1) is 6.04 Å². The Bertz CT molecular complexity index is 728. The number of anilines is 1. The number of carbonyl (C=O) groups excluding carboxylic acids is 1. The van der Waals surface area contributed by atoms with Gasteiger partial charge in [-0.2, -0.15) is 0 Å². The SMILES string of the molecule is Cc1ccc(NC(=O)NC(c2ccc(C3CCCCC3)cc2)C(C)C)cc1. The molecule has 2 N–H and O–H groups in total. The van der Waals surface area contributed by atoms with E-state index in [9.17, 15) is 4.79 Å². The van der Waals surface area contributed by atoms with Crippen molar-refractivity contribution in [1.29, 1.82) is 0 Å². The summed E-state index contributed by atoms with van der Waals surface area (Å²) in [4.78, 5) is 12.5. The molecule has 1 aliphatic rings. The first-order valence-corrected chi connectivity index (χ1v) is 10.3. The summed E-state index contributed by atoms with van der Waals surface area (Å²) in [5.74, 6) is 1.03. The highest BCUT2D eigenvalue weighted by Gasteiger charge is 2.20. The summed E-state index contributed by atoms with van der Waals surface area (Å²) in [7, 11) is 0. The number of carbonyl (C=O) groups is 1. The number of urea groups is 1. The maximum absolute atomic E-state index is 12.5. The fourth-order valence-electron chi connectivity index (χ4n) is 3.99. The van der Waals surface area contributed by atoms with Crippen molar-refractivity contribution in [1.82, 2.24) is 5.32 Å². The molecule has 2 amide bonds. The van der Waals surface area contributed by atoms with Crippen LogP contribution in [0, 0.1) is 12.8 Å². The molecule has 0 bridgehead atoms. The number of amides is 2. The molecule has 0 spiro atoms. The summed E-state index contributed by atoms with van der Waals surface area (Å²) in [5.41, 5.74) is 4.61. The minimum atomic E-state index is -0.158. The second kappa shape index (κ2) is 9.07. The normalized spacial score (nSPS) is 16.1. The van der Waals surface area contributed by atoms with Gasteiger partial charge >= 0.3 is 6.03 Å². The van der Waals surface area contributed by atoms with Gasteiger partial charge in [0, 0.05) is 5.69 Å². The highest BCUT2D eigenvalue weighted by molar-refractivity contribution is 5.89. The van der Waals surface area contributed by atoms with Crippen molar-refractivity contribution < 1.29 is 4.79 Å². The van der Waals surface area contributed by atoms with Crippen molar-refractivity contribution in [3.8, 4) is 0 Å². The fourth-order valence-corrected chi connectivity index (χ4v) is 3.99. The van der Waals surface area contributed by atoms with Gasteiger partial charge in [0.25, 0.3) is 0 Å². The molecule has 2 aromatic rings. The topological polar surface area (TPSA) is 41.1 Å². The molecule has 0 aliphatic heterocycles. The second-order valence-corrected chi connectivity index (χ2v) is 8.19. The van der Waals surface area contributed by atoms with Gasteiger partial charge in [0.1, 0.15) is 0 Å². The largest absolute Gasteiger partial charge is 0.331 e. The third-order valence-corrected chi connectivity index (χ3v) is 5.63. The summed E-state index contributed by atoms with van der Waals surface area (Å²) < 4.78 is 0. The monoisotopic (exact) mass is 364 g/mol. The summed E-state index contributed by atoms with van der Waals surface area (Å²) in [5, 5.41) is 6.08. The van der Waals surface area contributed by atoms with E-state index in [1.807, 2.05) is 31.2 Å². The van der Waals surface area contributed by atoms with E-state index < -0.39 is 0 Å². The van der Waals surface area contributed by atoms with Crippen LogP contribution in [-0.4, -0.2) is 6.03 Å². The zero-order chi connectivity index (χ0) is 19.2. The Labute approximate surface area is 163 Å². The Morgan fingerprint density at radius 2 is 1.56 bits per heavy atom. The van der Waals surface area contributed by atoms with Gasteiger partial charge in [-0.05, 0) is 54.9 Å². The molecule has 1 saturated carbocycles. The molecule has 3 nitrogen and oxygen atoms in total. The molecule has 1 aliphatic carbocycles. The predicted molar refractivity (Wildman–Crippen MR) is 113 cm³/mol. The molecular weight excluding hydrogens is 332 g/mol. The van der Waals surface area contributed by atoms with Gasteiger partial charge in [-0.3, -0.25) is 0 Å². The third kappa shape index (κ3) is 5.35. The minimum Gasteiger partial charge on any atom is -0.331 e. The van der Waals surface area contributed by atoms with E-state index in [0.29, 0.717) is 11.8 Å². The average Bonchev–Trinajstić information content (AvgIpc) is 2.68. The zero-order valence-corrected chi connectivity index (χ0v) is 16.8. The smallest absolute Gasteiger partial charge is 0.319 e. The van der Waals surface area contributed by atoms with E-state index in [-0.39, 0.29) is 12.1 Å². The lowest BCUT2D eigenvalue weighted by molar-refractivity contribution is 0.244. The molecule has 3 heteroatoms. The molecule has 144 valence electrons. The fraction of sp³-hybridized carbons (Fsp3) is 0.458. The Kier molecular flexibility index (Phi) is 6.54. The highest BCUT2D eigenvalue weighted by atomic mass is 16.2. The lowest BCUT2D eigenvalue weighted by Crippen LogP contribution is -2.35. The van der Waals surface area contributed by atoms with Crippen LogP contribution in [0.25, 0.3) is 0 Å². The summed E-state index contributed by atoms with van der Waals surface area (Å²) >= 11 is 0. The molecule has 0 aromatic heterocycles. The van der Waals surface area contributed by atoms with Crippen LogP contribution >= 0.6 is 0 Å². The molecule has 3 rings (SSSR count). The summed E-state index contributed by atoms with van der Waals surface area (Å²) in [6.45, 7) is 6.33. The molecular formula is C24H32N2O. The predicted octanol–water partition coefficient (Wildman–Crippen LogP) is 6.56. The third-order valence-electron chi connectivity index (χ3n) is 5.63. The first kappa shape index (κ1) is 19.5. The van der Waals surface area contributed by atoms with Crippen molar-refractivity contribution in [2.24, 2.45) is 5.92 Å². The van der Waals surface area contributed by atoms with E-state index in [0.717, 1.165) is 5.69 Å². The number of nitrogens with one attached hydrogen (secondary N) is 2. The number of benzene rings is 2. The van der Waals surface area contributed by atoms with Gasteiger partial charge in [-0.1, -0.05) is 75.1 Å². The van der Waals surface area contributed by atoms with Crippen LogP contribution in [0.5, 0.6) is 0 Å². The van der Waals surface area contributed by atoms with E-state index >= 15 is 0 Å². The van der Waals surface area contributed by atoms with Crippen LogP contribution < -0.4 is 10.6 Å². The summed E-state index contributed by atoms with van der Waals surface area (Å²) in [6.07, 6.45) is 6.70. The molecule has 0 heterocycles. The van der Waals surface area contributed by atoms with Crippen molar-refractivity contribution in [3.63, 3.8) is 0 Å². The lowest BCUT2D eigenvalue weighted by atomic mass is 9.83. The first-order chi connectivity index (χ1) is 13.0. The van der Waals surface area contributed by atoms with E-state index in [2.05, 4.69) is 48.7 Å². The van der Waals surface area contributed by atoms with Crippen LogP contribution in [0.3, 0.4) is 0 Å². The van der Waals surface area contributed by atoms with Crippen molar-refractivity contribution in [2.75, 3.05) is 5.32 Å². The molecule has 1 unspecified atom stereocenters. The zero-order valence-electron chi connectivity index (χ0n) is 16.8. The van der Waals surface area contributed by atoms with Crippen molar-refractivity contribution in [3.05, 3.63) is 65.2 Å². The van der Waals surface area contributed by atoms with E-state index in [1.54, 1.807) is 0 Å². The Morgan fingerprint density at radius 3 is 2.15 bits per heavy atom. The Morgan fingerprint density at radius 1 is 0.926 bits per heavy atom. The highest BCUT2D eigenvalue weighted by Crippen LogP contribution is 2.33. The number of hydrogen-bond acceptors (Lipinski definition) is 1. The van der Waals surface area contributed by atoms with Crippen LogP contribution in [0.2, 0.25) is 0 Å². The average molecular weight is 365 g/mol. The Balaban J connectivity index is 1.65. The second-order valence-electron chi connectivity index (χ2n) is 8.19. The van der Waals surface area contributed by atoms with Gasteiger partial charge in [0.2, 0.25) is 0 Å². The standard InChI is InChI=1S/C24H32N2O/c1-17(2)23(26-24(27)25-22-15-9-18(3)10-16-22)21-13-11-20(12-14-21)19-7-5-4-6-8-19/h9-17,19,23H,4-8H2,1-3H3,(H2,25,26,27). The van der Waals surface area contributed by atoms with Crippen molar-refractivity contribution >= 4 is 11.7 Å². The maximum atomic E-state index is 12.5. The quantitative estimate of drug-likeness (QED) is 0.619. The van der Waals surface area contributed by atoms with Crippen LogP contribution in [0.15, 0.2) is 48.5 Å². The Hall–Kier alpha value is -2.29. The molecule has 1 atom stereocenters. The van der Waals surface area contributed by atoms with Crippen molar-refractivity contribution in [2.45, 2.75) is 64.8 Å². The first-order valence-electron chi connectivity index (χ1n) is 10.3. The number of rotatable bonds is 5. The van der Waals surface area contributed by atoms with Crippen LogP contribution in [0.1, 0.15) is 74.6 Å². The van der Waals surface area contributed by atoms with Gasteiger partial charge < -0.3 is 10.6 Å². The van der Waals surface area contributed by atoms with Crippen LogP contribution in [-0.2, 0) is 0 Å². The van der Waals surface area contributed by atoms with E-state index in [1.165, 1.54) is 48.8 Å². The van der Waals surface area contributed by atoms with Gasteiger partial charge in [-0.15, -0.1) is 0 Å². The maximum Gasteiger partial charge on any atom is 0.319 e. The molecule has 0 radical (unpaired) electrons. The number of aryl methyl sites for hydroxylation is 1. The molecule has 0 saturated heterocycles. The molecule has 1 fully saturated rings. The molecule has 27 heavy (non-hydrogen) atoms.